The summed E-state index contributed by atoms with van der Waals surface area (Å²) in [6.07, 6.45) is 2.21. The maximum Gasteiger partial charge on any atom is 0.407 e. The van der Waals surface area contributed by atoms with Crippen LogP contribution in [0.5, 0.6) is 0 Å². The summed E-state index contributed by atoms with van der Waals surface area (Å²) in [6, 6.07) is 9.94. The van der Waals surface area contributed by atoms with Crippen molar-refractivity contribution < 1.29 is 19.1 Å². The first-order chi connectivity index (χ1) is 15.1. The van der Waals surface area contributed by atoms with Gasteiger partial charge in [-0.3, -0.25) is 9.59 Å². The number of benzene rings is 1. The van der Waals surface area contributed by atoms with Crippen LogP contribution in [0.25, 0.3) is 0 Å². The van der Waals surface area contributed by atoms with E-state index < -0.39 is 11.7 Å². The second-order valence-corrected chi connectivity index (χ2v) is 10.1. The number of nitrogens with one attached hydrogen (secondary N) is 1. The van der Waals surface area contributed by atoms with Crippen LogP contribution in [0, 0.1) is 11.8 Å². The minimum Gasteiger partial charge on any atom is -0.444 e. The number of carbonyl (C=O) groups is 3. The SMILES string of the molecule is CC1CN(C(=O)C2CCN(C(=O)CCc3ccccc3)CC2)CC1NC(=O)OC(C)(C)C. The summed E-state index contributed by atoms with van der Waals surface area (Å²) in [6.45, 7) is 9.95. The summed E-state index contributed by atoms with van der Waals surface area (Å²) in [4.78, 5) is 41.5. The van der Waals surface area contributed by atoms with Gasteiger partial charge in [0.25, 0.3) is 0 Å². The van der Waals surface area contributed by atoms with Gasteiger partial charge in [0.05, 0.1) is 6.04 Å². The molecule has 2 saturated heterocycles. The predicted octanol–water partition coefficient (Wildman–Crippen LogP) is 3.23. The Morgan fingerprint density at radius 1 is 1.03 bits per heavy atom. The minimum absolute atomic E-state index is 0.0550. The van der Waals surface area contributed by atoms with Crippen LogP contribution in [0.15, 0.2) is 30.3 Å². The van der Waals surface area contributed by atoms with Gasteiger partial charge in [0.2, 0.25) is 11.8 Å². The first-order valence-corrected chi connectivity index (χ1v) is 11.7. The highest BCUT2D eigenvalue weighted by atomic mass is 16.6. The molecule has 0 radical (unpaired) electrons. The van der Waals surface area contributed by atoms with Gasteiger partial charge in [-0.2, -0.15) is 0 Å². The van der Waals surface area contributed by atoms with Crippen LogP contribution in [0.2, 0.25) is 0 Å². The number of piperidine rings is 1. The van der Waals surface area contributed by atoms with Gasteiger partial charge in [-0.05, 0) is 51.5 Å². The molecule has 2 atom stereocenters. The quantitative estimate of drug-likeness (QED) is 0.758. The Hall–Kier alpha value is -2.57. The first kappa shape index (κ1) is 24.1. The van der Waals surface area contributed by atoms with E-state index in [2.05, 4.69) is 5.32 Å². The molecule has 1 N–H and O–H groups in total. The average Bonchev–Trinajstić information content (AvgIpc) is 3.11. The molecule has 1 aromatic rings. The second-order valence-electron chi connectivity index (χ2n) is 10.1. The lowest BCUT2D eigenvalue weighted by atomic mass is 9.95. The maximum atomic E-state index is 13.1. The Kier molecular flexibility index (Phi) is 7.80. The van der Waals surface area contributed by atoms with Crippen molar-refractivity contribution in [2.45, 2.75) is 65.0 Å². The Morgan fingerprint density at radius 3 is 2.31 bits per heavy atom. The molecule has 0 aromatic heterocycles. The number of aryl methyl sites for hydroxylation is 1. The van der Waals surface area contributed by atoms with E-state index in [9.17, 15) is 14.4 Å². The highest BCUT2D eigenvalue weighted by Crippen LogP contribution is 2.25. The van der Waals surface area contributed by atoms with Crippen molar-refractivity contribution in [2.24, 2.45) is 11.8 Å². The lowest BCUT2D eigenvalue weighted by molar-refractivity contribution is -0.140. The first-order valence-electron chi connectivity index (χ1n) is 11.7. The summed E-state index contributed by atoms with van der Waals surface area (Å²) >= 11 is 0. The van der Waals surface area contributed by atoms with Crippen LogP contribution < -0.4 is 5.32 Å². The molecule has 7 heteroatoms. The molecule has 0 spiro atoms. The van der Waals surface area contributed by atoms with Gasteiger partial charge in [0.15, 0.2) is 0 Å². The molecular weight excluding hydrogens is 406 g/mol. The van der Waals surface area contributed by atoms with Crippen LogP contribution in [-0.4, -0.2) is 65.5 Å². The smallest absolute Gasteiger partial charge is 0.407 e. The van der Waals surface area contributed by atoms with Gasteiger partial charge >= 0.3 is 6.09 Å². The number of hydrogen-bond acceptors (Lipinski definition) is 4. The number of ether oxygens (including phenoxy) is 1. The standard InChI is InChI=1S/C25H37N3O4/c1-18-16-28(17-21(18)26-24(31)32-25(2,3)4)23(30)20-12-14-27(15-13-20)22(29)11-10-19-8-6-5-7-9-19/h5-9,18,20-21H,10-17H2,1-4H3,(H,26,31). The van der Waals surface area contributed by atoms with E-state index in [1.807, 2.05) is 67.8 Å². The van der Waals surface area contributed by atoms with Crippen molar-refractivity contribution in [3.05, 3.63) is 35.9 Å². The summed E-state index contributed by atoms with van der Waals surface area (Å²) < 4.78 is 5.35. The number of hydrogen-bond donors (Lipinski definition) is 1. The molecule has 7 nitrogen and oxygen atoms in total. The zero-order valence-corrected chi connectivity index (χ0v) is 19.8. The van der Waals surface area contributed by atoms with Crippen molar-refractivity contribution in [3.63, 3.8) is 0 Å². The van der Waals surface area contributed by atoms with E-state index in [4.69, 9.17) is 4.74 Å². The molecule has 0 bridgehead atoms. The van der Waals surface area contributed by atoms with Crippen molar-refractivity contribution in [1.82, 2.24) is 15.1 Å². The Balaban J connectivity index is 1.43. The Morgan fingerprint density at radius 2 is 1.69 bits per heavy atom. The normalized spacial score (nSPS) is 22.0. The molecule has 3 rings (SSSR count). The van der Waals surface area contributed by atoms with Gasteiger partial charge < -0.3 is 19.9 Å². The number of carbonyl (C=O) groups excluding carboxylic acids is 3. The van der Waals surface area contributed by atoms with Crippen molar-refractivity contribution in [3.8, 4) is 0 Å². The van der Waals surface area contributed by atoms with Crippen molar-refractivity contribution >= 4 is 17.9 Å². The molecule has 176 valence electrons. The zero-order valence-electron chi connectivity index (χ0n) is 19.8. The van der Waals surface area contributed by atoms with Crippen molar-refractivity contribution in [2.75, 3.05) is 26.2 Å². The number of alkyl carbamates (subject to hydrolysis) is 1. The lowest BCUT2D eigenvalue weighted by Crippen LogP contribution is -2.45. The third-order valence-corrected chi connectivity index (χ3v) is 6.29. The molecule has 2 fully saturated rings. The predicted molar refractivity (Wildman–Crippen MR) is 123 cm³/mol. The van der Waals surface area contributed by atoms with Crippen LogP contribution in [0.3, 0.4) is 0 Å². The summed E-state index contributed by atoms with van der Waals surface area (Å²) in [5, 5.41) is 2.91. The molecule has 2 aliphatic rings. The second kappa shape index (κ2) is 10.4. The lowest BCUT2D eigenvalue weighted by Gasteiger charge is -2.33. The highest BCUT2D eigenvalue weighted by Gasteiger charge is 2.38. The van der Waals surface area contributed by atoms with Crippen molar-refractivity contribution in [1.29, 1.82) is 0 Å². The minimum atomic E-state index is -0.548. The van der Waals surface area contributed by atoms with Gasteiger partial charge in [0.1, 0.15) is 5.60 Å². The molecule has 0 saturated carbocycles. The third kappa shape index (κ3) is 6.71. The molecule has 32 heavy (non-hydrogen) atoms. The third-order valence-electron chi connectivity index (χ3n) is 6.29. The number of likely N-dealkylation sites (tertiary alicyclic amines) is 2. The molecule has 2 heterocycles. The van der Waals surface area contributed by atoms with Crippen LogP contribution in [0.4, 0.5) is 4.79 Å². The number of nitrogens with zero attached hydrogens (tertiary/aromatic N) is 2. The number of rotatable bonds is 5. The van der Waals surface area contributed by atoms with E-state index >= 15 is 0 Å². The topological polar surface area (TPSA) is 79.0 Å². The van der Waals surface area contributed by atoms with E-state index in [1.54, 1.807) is 0 Å². The summed E-state index contributed by atoms with van der Waals surface area (Å²) in [7, 11) is 0. The fourth-order valence-electron chi connectivity index (χ4n) is 4.48. The molecule has 3 amide bonds. The van der Waals surface area contributed by atoms with E-state index in [0.29, 0.717) is 45.4 Å². The van der Waals surface area contributed by atoms with Crippen LogP contribution in [-0.2, 0) is 20.7 Å². The molecule has 2 unspecified atom stereocenters. The molecule has 2 aliphatic heterocycles. The zero-order chi connectivity index (χ0) is 23.3. The van der Waals surface area contributed by atoms with E-state index in [1.165, 1.54) is 5.56 Å². The fourth-order valence-corrected chi connectivity index (χ4v) is 4.48. The molecule has 1 aromatic carbocycles. The van der Waals surface area contributed by atoms with Gasteiger partial charge in [-0.1, -0.05) is 37.3 Å². The molecule has 0 aliphatic carbocycles. The van der Waals surface area contributed by atoms with Gasteiger partial charge in [0, 0.05) is 38.5 Å². The van der Waals surface area contributed by atoms with Crippen LogP contribution in [0.1, 0.15) is 52.5 Å². The van der Waals surface area contributed by atoms with Gasteiger partial charge in [-0.15, -0.1) is 0 Å². The summed E-state index contributed by atoms with van der Waals surface area (Å²) in [5.41, 5.74) is 0.622. The Labute approximate surface area is 191 Å². The molecular formula is C25H37N3O4. The van der Waals surface area contributed by atoms with Crippen LogP contribution >= 0.6 is 0 Å². The monoisotopic (exact) mass is 443 g/mol. The van der Waals surface area contributed by atoms with E-state index in [-0.39, 0.29) is 29.7 Å². The maximum absolute atomic E-state index is 13.1. The fraction of sp³-hybridized carbons (Fsp3) is 0.640. The average molecular weight is 444 g/mol. The largest absolute Gasteiger partial charge is 0.444 e. The summed E-state index contributed by atoms with van der Waals surface area (Å²) in [5.74, 6) is 0.421. The number of amides is 3. The Bertz CT molecular complexity index is 797. The van der Waals surface area contributed by atoms with E-state index in [0.717, 1.165) is 6.42 Å². The van der Waals surface area contributed by atoms with Gasteiger partial charge in [-0.25, -0.2) is 4.79 Å². The highest BCUT2D eigenvalue weighted by molar-refractivity contribution is 5.81.